The summed E-state index contributed by atoms with van der Waals surface area (Å²) < 4.78 is 38.3. The summed E-state index contributed by atoms with van der Waals surface area (Å²) in [5, 5.41) is 0.128. The van der Waals surface area contributed by atoms with Crippen LogP contribution in [-0.2, 0) is 22.1 Å². The topological polar surface area (TPSA) is 60.2 Å². The van der Waals surface area contributed by atoms with Crippen molar-refractivity contribution in [2.24, 2.45) is 5.73 Å². The van der Waals surface area contributed by atoms with Crippen molar-refractivity contribution in [1.82, 2.24) is 0 Å². The lowest BCUT2D eigenvalue weighted by Crippen LogP contribution is -2.08. The number of hydrogen-bond acceptors (Lipinski definition) is 3. The SMILES string of the molecule is NCc1ccc(F)c(CS(=O)(=O)c2ccccc2Cl)c1. The molecule has 2 rings (SSSR count). The van der Waals surface area contributed by atoms with E-state index in [2.05, 4.69) is 0 Å². The Labute approximate surface area is 122 Å². The first-order chi connectivity index (χ1) is 9.44. The Morgan fingerprint density at radius 3 is 2.50 bits per heavy atom. The van der Waals surface area contributed by atoms with Crippen LogP contribution < -0.4 is 5.73 Å². The normalized spacial score (nSPS) is 11.6. The minimum atomic E-state index is -3.70. The van der Waals surface area contributed by atoms with E-state index in [1.807, 2.05) is 0 Å². The lowest BCUT2D eigenvalue weighted by molar-refractivity contribution is 0.587. The van der Waals surface area contributed by atoms with Crippen LogP contribution in [0.3, 0.4) is 0 Å². The molecule has 2 aromatic rings. The van der Waals surface area contributed by atoms with E-state index in [0.29, 0.717) is 5.56 Å². The molecule has 3 nitrogen and oxygen atoms in total. The van der Waals surface area contributed by atoms with Gasteiger partial charge in [0.25, 0.3) is 0 Å². The minimum absolute atomic E-state index is 0.000724. The van der Waals surface area contributed by atoms with Crippen molar-refractivity contribution in [1.29, 1.82) is 0 Å². The standard InChI is InChI=1S/C14H13ClFNO2S/c15-12-3-1-2-4-14(12)20(18,19)9-11-7-10(8-17)5-6-13(11)16/h1-7H,8-9,17H2. The van der Waals surface area contributed by atoms with Crippen LogP contribution >= 0.6 is 11.6 Å². The third-order valence-electron chi connectivity index (χ3n) is 2.86. The highest BCUT2D eigenvalue weighted by Gasteiger charge is 2.20. The summed E-state index contributed by atoms with van der Waals surface area (Å²) in [4.78, 5) is -0.000724. The molecule has 2 aromatic carbocycles. The van der Waals surface area contributed by atoms with Gasteiger partial charge in [-0.3, -0.25) is 0 Å². The quantitative estimate of drug-likeness (QED) is 0.944. The predicted molar refractivity (Wildman–Crippen MR) is 76.6 cm³/mol. The highest BCUT2D eigenvalue weighted by atomic mass is 35.5. The van der Waals surface area contributed by atoms with Gasteiger partial charge in [-0.2, -0.15) is 0 Å². The van der Waals surface area contributed by atoms with Gasteiger partial charge in [0.15, 0.2) is 9.84 Å². The fourth-order valence-electron chi connectivity index (χ4n) is 1.85. The largest absolute Gasteiger partial charge is 0.326 e. The number of rotatable bonds is 4. The average molecular weight is 314 g/mol. The number of hydrogen-bond donors (Lipinski definition) is 1. The molecule has 106 valence electrons. The summed E-state index contributed by atoms with van der Waals surface area (Å²) in [6.45, 7) is 0.222. The molecule has 2 N–H and O–H groups in total. The number of benzene rings is 2. The maximum Gasteiger partial charge on any atom is 0.184 e. The van der Waals surface area contributed by atoms with Crippen LogP contribution in [0.4, 0.5) is 4.39 Å². The molecule has 0 fully saturated rings. The van der Waals surface area contributed by atoms with E-state index < -0.39 is 21.4 Å². The summed E-state index contributed by atoms with van der Waals surface area (Å²) in [5.74, 6) is -1.02. The first kappa shape index (κ1) is 15.0. The molecule has 0 aliphatic carbocycles. The van der Waals surface area contributed by atoms with E-state index in [1.165, 1.54) is 30.3 Å². The van der Waals surface area contributed by atoms with Gasteiger partial charge >= 0.3 is 0 Å². The highest BCUT2D eigenvalue weighted by Crippen LogP contribution is 2.25. The van der Waals surface area contributed by atoms with Crippen LogP contribution in [0.25, 0.3) is 0 Å². The van der Waals surface area contributed by atoms with E-state index in [-0.39, 0.29) is 22.0 Å². The monoisotopic (exact) mass is 313 g/mol. The Kier molecular flexibility index (Phi) is 4.42. The molecule has 0 aliphatic heterocycles. The van der Waals surface area contributed by atoms with E-state index >= 15 is 0 Å². The van der Waals surface area contributed by atoms with E-state index in [9.17, 15) is 12.8 Å². The lowest BCUT2D eigenvalue weighted by Gasteiger charge is -2.08. The molecule has 0 atom stereocenters. The smallest absolute Gasteiger partial charge is 0.184 e. The lowest BCUT2D eigenvalue weighted by atomic mass is 10.1. The van der Waals surface area contributed by atoms with Gasteiger partial charge in [-0.15, -0.1) is 0 Å². The van der Waals surface area contributed by atoms with Crippen LogP contribution in [0.5, 0.6) is 0 Å². The second kappa shape index (κ2) is 5.91. The molecule has 6 heteroatoms. The van der Waals surface area contributed by atoms with Gasteiger partial charge in [-0.05, 0) is 23.8 Å². The maximum absolute atomic E-state index is 13.7. The van der Waals surface area contributed by atoms with Gasteiger partial charge in [-0.25, -0.2) is 12.8 Å². The average Bonchev–Trinajstić information content (AvgIpc) is 2.41. The second-order valence-corrected chi connectivity index (χ2v) is 6.68. The van der Waals surface area contributed by atoms with E-state index in [4.69, 9.17) is 17.3 Å². The second-order valence-electron chi connectivity index (χ2n) is 4.32. The fraction of sp³-hybridized carbons (Fsp3) is 0.143. The molecule has 0 saturated heterocycles. The van der Waals surface area contributed by atoms with Gasteiger partial charge in [0.1, 0.15) is 5.82 Å². The van der Waals surface area contributed by atoms with Crippen LogP contribution in [0, 0.1) is 5.82 Å². The molecule has 0 unspecified atom stereocenters. The van der Waals surface area contributed by atoms with E-state index in [0.717, 1.165) is 0 Å². The molecule has 0 heterocycles. The summed E-state index contributed by atoms with van der Waals surface area (Å²) in [5.41, 5.74) is 6.24. The number of sulfone groups is 1. The Morgan fingerprint density at radius 1 is 1.15 bits per heavy atom. The first-order valence-electron chi connectivity index (χ1n) is 5.88. The van der Waals surface area contributed by atoms with Gasteiger partial charge in [0, 0.05) is 12.1 Å². The van der Waals surface area contributed by atoms with Gasteiger partial charge < -0.3 is 5.73 Å². The third-order valence-corrected chi connectivity index (χ3v) is 5.02. The zero-order valence-electron chi connectivity index (χ0n) is 10.5. The van der Waals surface area contributed by atoms with Crippen molar-refractivity contribution < 1.29 is 12.8 Å². The Balaban J connectivity index is 2.41. The number of nitrogens with two attached hydrogens (primary N) is 1. The molecule has 0 aliphatic rings. The minimum Gasteiger partial charge on any atom is -0.326 e. The van der Waals surface area contributed by atoms with Crippen molar-refractivity contribution in [2.45, 2.75) is 17.2 Å². The molecule has 0 saturated carbocycles. The van der Waals surface area contributed by atoms with Crippen molar-refractivity contribution in [3.63, 3.8) is 0 Å². The first-order valence-corrected chi connectivity index (χ1v) is 7.92. The molecule has 0 bridgehead atoms. The molecule has 0 amide bonds. The van der Waals surface area contributed by atoms with Gasteiger partial charge in [0.2, 0.25) is 0 Å². The zero-order chi connectivity index (χ0) is 14.8. The van der Waals surface area contributed by atoms with Gasteiger partial charge in [-0.1, -0.05) is 35.9 Å². The third kappa shape index (κ3) is 3.17. The summed E-state index contributed by atoms with van der Waals surface area (Å²) in [6, 6.07) is 10.3. The summed E-state index contributed by atoms with van der Waals surface area (Å²) in [7, 11) is -3.70. The molecule has 20 heavy (non-hydrogen) atoms. The van der Waals surface area contributed by atoms with Crippen LogP contribution in [0.15, 0.2) is 47.4 Å². The Bertz CT molecular complexity index is 732. The van der Waals surface area contributed by atoms with Crippen molar-refractivity contribution in [2.75, 3.05) is 0 Å². The Morgan fingerprint density at radius 2 is 1.85 bits per heavy atom. The van der Waals surface area contributed by atoms with Crippen LogP contribution in [-0.4, -0.2) is 8.42 Å². The summed E-state index contributed by atoms with van der Waals surface area (Å²) in [6.07, 6.45) is 0. The van der Waals surface area contributed by atoms with Crippen molar-refractivity contribution in [3.05, 3.63) is 64.4 Å². The fourth-order valence-corrected chi connectivity index (χ4v) is 3.77. The van der Waals surface area contributed by atoms with Crippen molar-refractivity contribution in [3.8, 4) is 0 Å². The predicted octanol–water partition coefficient (Wildman–Crippen LogP) is 2.91. The maximum atomic E-state index is 13.7. The highest BCUT2D eigenvalue weighted by molar-refractivity contribution is 7.90. The Hall–Kier alpha value is -1.43. The summed E-state index contributed by atoms with van der Waals surface area (Å²) >= 11 is 5.88. The molecular formula is C14H13ClFNO2S. The molecular weight excluding hydrogens is 301 g/mol. The van der Waals surface area contributed by atoms with E-state index in [1.54, 1.807) is 12.1 Å². The molecule has 0 radical (unpaired) electrons. The molecule has 0 spiro atoms. The van der Waals surface area contributed by atoms with Gasteiger partial charge in [0.05, 0.1) is 15.7 Å². The zero-order valence-corrected chi connectivity index (χ0v) is 12.1. The number of halogens is 2. The van der Waals surface area contributed by atoms with Crippen LogP contribution in [0.2, 0.25) is 5.02 Å². The molecule has 0 aromatic heterocycles. The van der Waals surface area contributed by atoms with Crippen LogP contribution in [0.1, 0.15) is 11.1 Å². The van der Waals surface area contributed by atoms with Crippen molar-refractivity contribution >= 4 is 21.4 Å².